The topological polar surface area (TPSA) is 34.5 Å². The van der Waals surface area contributed by atoms with Crippen molar-refractivity contribution >= 4 is 62.1 Å². The number of aromatic nitrogens is 1. The third-order valence-corrected chi connectivity index (χ3v) is 12.6. The van der Waals surface area contributed by atoms with Crippen LogP contribution in [0, 0.1) is 0 Å². The molecule has 0 saturated carbocycles. The minimum atomic E-state index is 0.883. The van der Waals surface area contributed by atoms with Crippen molar-refractivity contribution in [2.75, 3.05) is 4.90 Å². The van der Waals surface area contributed by atoms with Crippen molar-refractivity contribution < 1.29 is 8.83 Å². The van der Waals surface area contributed by atoms with E-state index < -0.39 is 0 Å². The fourth-order valence-electron chi connectivity index (χ4n) is 9.16. The molecule has 0 spiro atoms. The highest BCUT2D eigenvalue weighted by atomic mass is 16.3. The van der Waals surface area contributed by atoms with Crippen LogP contribution in [-0.4, -0.2) is 4.57 Å². The molecular weight excluding hydrogens is 817 g/mol. The van der Waals surface area contributed by atoms with Gasteiger partial charge in [0.25, 0.3) is 0 Å². The lowest BCUT2D eigenvalue weighted by atomic mass is 10.0. The van der Waals surface area contributed by atoms with Gasteiger partial charge in [0, 0.05) is 51.7 Å². The van der Waals surface area contributed by atoms with Crippen LogP contribution in [0.5, 0.6) is 0 Å². The van der Waals surface area contributed by atoms with Gasteiger partial charge in [-0.2, -0.15) is 0 Å². The molecule has 0 bridgehead atoms. The lowest BCUT2D eigenvalue weighted by Crippen LogP contribution is -2.10. The second kappa shape index (κ2) is 18.5. The maximum Gasteiger partial charge on any atom is 0.135 e. The van der Waals surface area contributed by atoms with Gasteiger partial charge in [-0.1, -0.05) is 146 Å². The van der Waals surface area contributed by atoms with E-state index in [0.29, 0.717) is 0 Å². The number of rotatable bonds is 8. The second-order valence-electron chi connectivity index (χ2n) is 16.8. The first-order valence-electron chi connectivity index (χ1n) is 23.0. The average molecular weight is 865 g/mol. The van der Waals surface area contributed by atoms with Gasteiger partial charge in [-0.3, -0.25) is 0 Å². The number of nitrogens with zero attached hydrogens (tertiary/aromatic N) is 2. The molecule has 0 fully saturated rings. The quantitative estimate of drug-likeness (QED) is 0.153. The van der Waals surface area contributed by atoms with Crippen LogP contribution in [0.15, 0.2) is 246 Å². The molecule has 4 nitrogen and oxygen atoms in total. The predicted octanol–water partition coefficient (Wildman–Crippen LogP) is 17.8. The molecule has 0 N–H and O–H groups in total. The summed E-state index contributed by atoms with van der Waals surface area (Å²) in [7, 11) is 0. The van der Waals surface area contributed by atoms with Crippen LogP contribution in [0.2, 0.25) is 0 Å². The lowest BCUT2D eigenvalue weighted by molar-refractivity contribution is 0.493. The van der Waals surface area contributed by atoms with Gasteiger partial charge in [-0.15, -0.1) is 0 Å². The molecule has 0 aliphatic heterocycles. The first kappa shape index (κ1) is 41.1. The summed E-state index contributed by atoms with van der Waals surface area (Å²) < 4.78 is 14.6. The van der Waals surface area contributed by atoms with E-state index in [0.717, 1.165) is 102 Å². The number of fused-ring (bicyclic) bond motifs is 5. The second-order valence-corrected chi connectivity index (χ2v) is 16.8. The van der Waals surface area contributed by atoms with Gasteiger partial charge >= 0.3 is 0 Å². The number of furan rings is 1. The highest BCUT2D eigenvalue weighted by Crippen LogP contribution is 2.38. The molecule has 0 saturated heterocycles. The summed E-state index contributed by atoms with van der Waals surface area (Å²) in [5.74, 6) is 1.00. The first-order valence-corrected chi connectivity index (χ1v) is 23.0. The Morgan fingerprint density at radius 3 is 1.93 bits per heavy atom. The number of hydrogen-bond acceptors (Lipinski definition) is 3. The van der Waals surface area contributed by atoms with Crippen LogP contribution in [-0.2, 0) is 6.42 Å². The molecule has 322 valence electrons. The van der Waals surface area contributed by atoms with E-state index in [2.05, 4.69) is 241 Å². The standard InChI is InChI=1S/C63H48N2O2/c1-2-12-45-21-31-55(32-22-45)65(56-33-27-49(28-34-56)46-13-4-3-5-14-46)57-37-35-54(36-38-57)64-41-10-16-47(52-30-40-63-59(44-52)58-18-7-9-20-62(58)67-63)24-26-53-43-51(29-39-60(53)64)48-17-11-42-66-61-19-8-6-15-50(61)25-23-48/h2-7,9-18,20-44H,8,19H2,1H3/b12-2+,25-23?,26-24?,41-10?,42-11?,47-16?,48-17?. The smallest absolute Gasteiger partial charge is 0.135 e. The molecule has 1 aliphatic carbocycles. The number of para-hydroxylation sites is 1. The number of hydrogen-bond donors (Lipinski definition) is 0. The van der Waals surface area contributed by atoms with E-state index in [9.17, 15) is 0 Å². The van der Waals surface area contributed by atoms with Gasteiger partial charge in [0.2, 0.25) is 0 Å². The molecule has 4 heteroatoms. The summed E-state index contributed by atoms with van der Waals surface area (Å²) in [6, 6.07) is 75.8. The van der Waals surface area contributed by atoms with Gasteiger partial charge in [0.05, 0.1) is 11.8 Å². The van der Waals surface area contributed by atoms with Crippen molar-refractivity contribution in [3.05, 3.63) is 254 Å². The molecule has 11 rings (SSSR count). The summed E-state index contributed by atoms with van der Waals surface area (Å²) in [4.78, 5) is 2.32. The van der Waals surface area contributed by atoms with Crippen molar-refractivity contribution in [2.24, 2.45) is 0 Å². The Morgan fingerprint density at radius 1 is 0.507 bits per heavy atom. The lowest BCUT2D eigenvalue weighted by Gasteiger charge is -2.26. The van der Waals surface area contributed by atoms with E-state index >= 15 is 0 Å². The van der Waals surface area contributed by atoms with E-state index in [4.69, 9.17) is 8.83 Å². The Balaban J connectivity index is 1.04. The average Bonchev–Trinajstić information content (AvgIpc) is 3.83. The zero-order chi connectivity index (χ0) is 44.9. The minimum Gasteiger partial charge on any atom is -0.469 e. The minimum absolute atomic E-state index is 0.883. The van der Waals surface area contributed by atoms with Crippen LogP contribution in [0.4, 0.5) is 17.1 Å². The highest BCUT2D eigenvalue weighted by Gasteiger charge is 2.15. The normalized spacial score (nSPS) is 12.0. The van der Waals surface area contributed by atoms with Crippen LogP contribution in [0.25, 0.3) is 84.1 Å². The Kier molecular flexibility index (Phi) is 11.3. The van der Waals surface area contributed by atoms with Crippen molar-refractivity contribution in [2.45, 2.75) is 19.8 Å². The molecule has 0 unspecified atom stereocenters. The molecule has 0 radical (unpaired) electrons. The molecule has 1 aliphatic rings. The van der Waals surface area contributed by atoms with Gasteiger partial charge in [0.15, 0.2) is 0 Å². The van der Waals surface area contributed by atoms with E-state index in [-0.39, 0.29) is 0 Å². The zero-order valence-electron chi connectivity index (χ0n) is 37.3. The summed E-state index contributed by atoms with van der Waals surface area (Å²) in [5.41, 5.74) is 16.2. The van der Waals surface area contributed by atoms with Crippen molar-refractivity contribution in [1.82, 2.24) is 4.57 Å². The summed E-state index contributed by atoms with van der Waals surface area (Å²) in [5, 5.41) is 3.30. The molecule has 0 atom stereocenters. The summed E-state index contributed by atoms with van der Waals surface area (Å²) in [6.07, 6.45) is 14.4. The van der Waals surface area contributed by atoms with Gasteiger partial charge in [-0.25, -0.2) is 0 Å². The maximum absolute atomic E-state index is 6.21. The largest absolute Gasteiger partial charge is 0.469 e. The monoisotopic (exact) mass is 864 g/mol. The van der Waals surface area contributed by atoms with Crippen LogP contribution in [0.3, 0.4) is 0 Å². The van der Waals surface area contributed by atoms with E-state index in [1.54, 1.807) is 6.26 Å². The van der Waals surface area contributed by atoms with E-state index in [1.807, 2.05) is 18.2 Å². The van der Waals surface area contributed by atoms with Crippen molar-refractivity contribution in [3.63, 3.8) is 0 Å². The Bertz CT molecular complexity index is 3570. The predicted molar refractivity (Wildman–Crippen MR) is 281 cm³/mol. The Morgan fingerprint density at radius 2 is 1.12 bits per heavy atom. The molecule has 0 amide bonds. The fraction of sp³-hybridized carbons (Fsp3) is 0.0476. The Hall–Kier alpha value is -8.60. The van der Waals surface area contributed by atoms with Crippen LogP contribution < -0.4 is 4.90 Å². The number of anilines is 3. The molecule has 67 heavy (non-hydrogen) atoms. The third-order valence-electron chi connectivity index (χ3n) is 12.6. The van der Waals surface area contributed by atoms with Crippen LogP contribution in [0.1, 0.15) is 30.2 Å². The summed E-state index contributed by atoms with van der Waals surface area (Å²) >= 11 is 0. The molecule has 7 aromatic carbocycles. The van der Waals surface area contributed by atoms with Crippen LogP contribution >= 0.6 is 0 Å². The molecule has 10 aromatic rings. The maximum atomic E-state index is 6.21. The van der Waals surface area contributed by atoms with Gasteiger partial charge in [-0.05, 0) is 149 Å². The highest BCUT2D eigenvalue weighted by molar-refractivity contribution is 6.06. The molecule has 3 heterocycles. The van der Waals surface area contributed by atoms with Crippen molar-refractivity contribution in [3.8, 4) is 39.1 Å². The molecule has 3 aromatic heterocycles. The fourth-order valence-corrected chi connectivity index (χ4v) is 9.16. The Labute approximate surface area is 391 Å². The van der Waals surface area contributed by atoms with Crippen molar-refractivity contribution in [1.29, 1.82) is 0 Å². The van der Waals surface area contributed by atoms with Gasteiger partial charge in [0.1, 0.15) is 16.9 Å². The number of allylic oxidation sites excluding steroid dienone is 2. The number of benzene rings is 7. The SMILES string of the molecule is C/C=C/c1ccc(N(c2ccc(-c3ccccc3)cc2)c2ccc(-n3cccc(-c4ccc5oc6ccccc6c5c4)ccc4cc(-c5cccoc6c(cc5)C=CCC6)ccc43)cc2)cc1. The number of aryl methyl sites for hydroxylation is 1. The third kappa shape index (κ3) is 8.57. The zero-order valence-corrected chi connectivity index (χ0v) is 37.3. The summed E-state index contributed by atoms with van der Waals surface area (Å²) in [6.45, 7) is 2.05. The first-order chi connectivity index (χ1) is 33.1. The van der Waals surface area contributed by atoms with E-state index in [1.165, 1.54) is 16.7 Å². The van der Waals surface area contributed by atoms with Gasteiger partial charge < -0.3 is 18.3 Å². The molecular formula is C63H48N2O2.